The Morgan fingerprint density at radius 1 is 1.31 bits per heavy atom. The van der Waals surface area contributed by atoms with Gasteiger partial charge in [0.15, 0.2) is 0 Å². The van der Waals surface area contributed by atoms with E-state index < -0.39 is 22.0 Å². The van der Waals surface area contributed by atoms with Crippen molar-refractivity contribution in [2.75, 3.05) is 26.2 Å². The number of amides is 2. The van der Waals surface area contributed by atoms with E-state index in [4.69, 9.17) is 11.6 Å². The molecule has 29 heavy (non-hydrogen) atoms. The number of piperidine rings is 1. The number of nitrogens with zero attached hydrogens (tertiary/aromatic N) is 2. The zero-order chi connectivity index (χ0) is 21.0. The minimum Gasteiger partial charge on any atom is -0.394 e. The van der Waals surface area contributed by atoms with Crippen LogP contribution in [0.15, 0.2) is 17.5 Å². The molecule has 11 heteroatoms. The Labute approximate surface area is 179 Å². The molecule has 0 aromatic carbocycles. The van der Waals surface area contributed by atoms with Crippen molar-refractivity contribution in [1.82, 2.24) is 14.5 Å². The molecular formula is C18H24ClN3O5S2. The molecule has 0 aliphatic carbocycles. The lowest BCUT2D eigenvalue weighted by Gasteiger charge is -2.33. The SMILES string of the molecule is O=C1C(NS(=O)(=O)/C=C/c2ccc(Cl)s2)CCCN1CC(=O)N1CCCC1CO. The molecular weight excluding hydrogens is 438 g/mol. The summed E-state index contributed by atoms with van der Waals surface area (Å²) in [5, 5.41) is 10.4. The van der Waals surface area contributed by atoms with Gasteiger partial charge < -0.3 is 14.9 Å². The lowest BCUT2D eigenvalue weighted by molar-refractivity contribution is -0.143. The summed E-state index contributed by atoms with van der Waals surface area (Å²) in [6.07, 6.45) is 3.98. The second-order valence-electron chi connectivity index (χ2n) is 7.13. The van der Waals surface area contributed by atoms with Gasteiger partial charge in [-0.15, -0.1) is 11.3 Å². The van der Waals surface area contributed by atoms with E-state index in [1.54, 1.807) is 17.0 Å². The summed E-state index contributed by atoms with van der Waals surface area (Å²) in [6, 6.07) is 2.28. The molecule has 2 aliphatic heterocycles. The van der Waals surface area contributed by atoms with Crippen molar-refractivity contribution in [3.05, 3.63) is 26.8 Å². The third-order valence-corrected chi connectivity index (χ3v) is 7.38. The second kappa shape index (κ2) is 9.57. The van der Waals surface area contributed by atoms with E-state index in [2.05, 4.69) is 4.72 Å². The summed E-state index contributed by atoms with van der Waals surface area (Å²) in [5.41, 5.74) is 0. The minimum absolute atomic E-state index is 0.0934. The summed E-state index contributed by atoms with van der Waals surface area (Å²) in [6.45, 7) is 0.782. The molecule has 3 rings (SSSR count). The van der Waals surface area contributed by atoms with Crippen molar-refractivity contribution >= 4 is 50.9 Å². The topological polar surface area (TPSA) is 107 Å². The first-order chi connectivity index (χ1) is 13.8. The highest BCUT2D eigenvalue weighted by molar-refractivity contribution is 7.92. The summed E-state index contributed by atoms with van der Waals surface area (Å²) in [7, 11) is -3.83. The van der Waals surface area contributed by atoms with E-state index in [9.17, 15) is 23.1 Å². The molecule has 0 bridgehead atoms. The van der Waals surface area contributed by atoms with E-state index in [0.29, 0.717) is 35.1 Å². The number of likely N-dealkylation sites (tertiary alicyclic amines) is 2. The maximum atomic E-state index is 12.7. The molecule has 2 unspecified atom stereocenters. The molecule has 2 fully saturated rings. The zero-order valence-electron chi connectivity index (χ0n) is 15.8. The standard InChI is InChI=1S/C18H24ClN3O5S2/c19-16-6-5-14(28-16)7-10-29(26,27)20-15-4-2-8-21(18(15)25)11-17(24)22-9-1-3-13(22)12-23/h5-7,10,13,15,20,23H,1-4,8-9,11-12H2/b10-7+. The Kier molecular flexibility index (Phi) is 7.33. The zero-order valence-corrected chi connectivity index (χ0v) is 18.2. The van der Waals surface area contributed by atoms with E-state index in [1.807, 2.05) is 0 Å². The van der Waals surface area contributed by atoms with E-state index in [1.165, 1.54) is 22.3 Å². The average molecular weight is 462 g/mol. The van der Waals surface area contributed by atoms with Gasteiger partial charge in [0.05, 0.1) is 23.5 Å². The number of carbonyl (C=O) groups excluding carboxylic acids is 2. The van der Waals surface area contributed by atoms with Gasteiger partial charge in [-0.25, -0.2) is 8.42 Å². The molecule has 0 saturated carbocycles. The third-order valence-electron chi connectivity index (χ3n) is 5.08. The van der Waals surface area contributed by atoms with Crippen molar-refractivity contribution in [2.24, 2.45) is 0 Å². The Morgan fingerprint density at radius 2 is 2.07 bits per heavy atom. The van der Waals surface area contributed by atoms with Gasteiger partial charge in [0.2, 0.25) is 21.8 Å². The molecule has 3 heterocycles. The number of hydrogen-bond donors (Lipinski definition) is 2. The quantitative estimate of drug-likeness (QED) is 0.635. The Bertz CT molecular complexity index is 886. The highest BCUT2D eigenvalue weighted by Crippen LogP contribution is 2.23. The second-order valence-corrected chi connectivity index (χ2v) is 10.5. The van der Waals surface area contributed by atoms with Crippen LogP contribution < -0.4 is 4.72 Å². The average Bonchev–Trinajstić information content (AvgIpc) is 3.32. The van der Waals surface area contributed by atoms with Crippen molar-refractivity contribution in [3.63, 3.8) is 0 Å². The van der Waals surface area contributed by atoms with Gasteiger partial charge in [0.25, 0.3) is 0 Å². The third kappa shape index (κ3) is 5.79. The molecule has 2 saturated heterocycles. The number of halogens is 1. The number of nitrogens with one attached hydrogen (secondary N) is 1. The van der Waals surface area contributed by atoms with E-state index >= 15 is 0 Å². The molecule has 2 atom stereocenters. The van der Waals surface area contributed by atoms with Crippen LogP contribution in [0.2, 0.25) is 4.34 Å². The molecule has 2 N–H and O–H groups in total. The van der Waals surface area contributed by atoms with Gasteiger partial charge in [-0.05, 0) is 43.9 Å². The van der Waals surface area contributed by atoms with E-state index in [0.717, 1.165) is 18.2 Å². The van der Waals surface area contributed by atoms with Crippen molar-refractivity contribution in [3.8, 4) is 0 Å². The predicted octanol–water partition coefficient (Wildman–Crippen LogP) is 1.27. The number of thiophene rings is 1. The largest absolute Gasteiger partial charge is 0.394 e. The summed E-state index contributed by atoms with van der Waals surface area (Å²) in [5.74, 6) is -0.617. The molecule has 8 nitrogen and oxygen atoms in total. The lowest BCUT2D eigenvalue weighted by Crippen LogP contribution is -2.54. The first-order valence-corrected chi connectivity index (χ1v) is 12.2. The fourth-order valence-corrected chi connectivity index (χ4v) is 5.70. The van der Waals surface area contributed by atoms with Crippen LogP contribution in [0.1, 0.15) is 30.6 Å². The van der Waals surface area contributed by atoms with Crippen LogP contribution in [0.4, 0.5) is 0 Å². The first kappa shape index (κ1) is 22.2. The Hall–Kier alpha value is -1.46. The van der Waals surface area contributed by atoms with Crippen LogP contribution in [0.25, 0.3) is 6.08 Å². The molecule has 160 valence electrons. The smallest absolute Gasteiger partial charge is 0.242 e. The van der Waals surface area contributed by atoms with Crippen molar-refractivity contribution < 1.29 is 23.1 Å². The molecule has 2 aliphatic rings. The number of sulfonamides is 1. The van der Waals surface area contributed by atoms with Gasteiger partial charge in [0, 0.05) is 23.4 Å². The van der Waals surface area contributed by atoms with Crippen LogP contribution >= 0.6 is 22.9 Å². The van der Waals surface area contributed by atoms with Crippen LogP contribution in [-0.2, 0) is 19.6 Å². The number of aliphatic hydroxyl groups is 1. The number of rotatable bonds is 7. The highest BCUT2D eigenvalue weighted by Gasteiger charge is 2.35. The van der Waals surface area contributed by atoms with Gasteiger partial charge in [-0.2, -0.15) is 4.72 Å². The van der Waals surface area contributed by atoms with Crippen molar-refractivity contribution in [2.45, 2.75) is 37.8 Å². The predicted molar refractivity (Wildman–Crippen MR) is 112 cm³/mol. The number of hydrogen-bond acceptors (Lipinski definition) is 6. The number of carbonyl (C=O) groups is 2. The first-order valence-electron chi connectivity index (χ1n) is 9.44. The normalized spacial score (nSPS) is 23.3. The fraction of sp³-hybridized carbons (Fsp3) is 0.556. The molecule has 2 amide bonds. The highest BCUT2D eigenvalue weighted by atomic mass is 35.5. The van der Waals surface area contributed by atoms with Crippen LogP contribution in [0, 0.1) is 0 Å². The molecule has 1 aromatic rings. The maximum Gasteiger partial charge on any atom is 0.242 e. The summed E-state index contributed by atoms with van der Waals surface area (Å²) < 4.78 is 27.7. The van der Waals surface area contributed by atoms with Gasteiger partial charge in [0.1, 0.15) is 6.04 Å². The fourth-order valence-electron chi connectivity index (χ4n) is 3.63. The molecule has 0 radical (unpaired) electrons. The Morgan fingerprint density at radius 3 is 2.76 bits per heavy atom. The van der Waals surface area contributed by atoms with Crippen LogP contribution in [-0.4, -0.2) is 73.5 Å². The van der Waals surface area contributed by atoms with Gasteiger partial charge >= 0.3 is 0 Å². The van der Waals surface area contributed by atoms with Crippen LogP contribution in [0.3, 0.4) is 0 Å². The van der Waals surface area contributed by atoms with Crippen LogP contribution in [0.5, 0.6) is 0 Å². The summed E-state index contributed by atoms with van der Waals surface area (Å²) in [4.78, 5) is 29.0. The minimum atomic E-state index is -3.83. The molecule has 1 aromatic heterocycles. The number of aliphatic hydroxyl groups excluding tert-OH is 1. The summed E-state index contributed by atoms with van der Waals surface area (Å²) >= 11 is 7.08. The lowest BCUT2D eigenvalue weighted by atomic mass is 10.1. The van der Waals surface area contributed by atoms with E-state index in [-0.39, 0.29) is 25.1 Å². The maximum absolute atomic E-state index is 12.7. The van der Waals surface area contributed by atoms with Crippen molar-refractivity contribution in [1.29, 1.82) is 0 Å². The monoisotopic (exact) mass is 461 g/mol. The van der Waals surface area contributed by atoms with Gasteiger partial charge in [-0.1, -0.05) is 11.6 Å². The molecule has 0 spiro atoms. The Balaban J connectivity index is 1.60. The van der Waals surface area contributed by atoms with Gasteiger partial charge in [-0.3, -0.25) is 9.59 Å².